The molecule has 0 amide bonds. The molecule has 1 aliphatic heterocycles. The van der Waals surface area contributed by atoms with Crippen LogP contribution in [-0.2, 0) is 6.18 Å². The number of aromatic nitrogens is 2. The second kappa shape index (κ2) is 8.02. The molecule has 0 aliphatic carbocycles. The summed E-state index contributed by atoms with van der Waals surface area (Å²) >= 11 is 1.62. The van der Waals surface area contributed by atoms with E-state index in [9.17, 15) is 13.2 Å². The monoisotopic (exact) mass is 419 g/mol. The molecule has 0 unspecified atom stereocenters. The van der Waals surface area contributed by atoms with Gasteiger partial charge < -0.3 is 9.64 Å². The normalized spacial score (nSPS) is 15.5. The maximum Gasteiger partial charge on any atom is 0.416 e. The number of anilines is 1. The van der Waals surface area contributed by atoms with Crippen LogP contribution in [0.5, 0.6) is 5.75 Å². The van der Waals surface area contributed by atoms with Crippen LogP contribution in [0.25, 0.3) is 11.3 Å². The van der Waals surface area contributed by atoms with Crippen LogP contribution in [-0.4, -0.2) is 30.2 Å². The summed E-state index contributed by atoms with van der Waals surface area (Å²) in [6, 6.07) is 9.91. The van der Waals surface area contributed by atoms with Crippen LogP contribution in [0.15, 0.2) is 48.0 Å². The van der Waals surface area contributed by atoms with Gasteiger partial charge in [0, 0.05) is 36.1 Å². The van der Waals surface area contributed by atoms with E-state index in [4.69, 9.17) is 9.72 Å². The fraction of sp³-hybridized carbons (Fsp3) is 0.333. The molecule has 1 aromatic carbocycles. The van der Waals surface area contributed by atoms with Crippen LogP contribution in [0.4, 0.5) is 19.0 Å². The first-order valence-corrected chi connectivity index (χ1v) is 10.2. The lowest BCUT2D eigenvalue weighted by Crippen LogP contribution is -2.33. The number of piperidine rings is 1. The second-order valence-electron chi connectivity index (χ2n) is 6.93. The molecule has 4 nitrogen and oxygen atoms in total. The highest BCUT2D eigenvalue weighted by atomic mass is 32.1. The Morgan fingerprint density at radius 3 is 2.62 bits per heavy atom. The molecule has 29 heavy (non-hydrogen) atoms. The maximum absolute atomic E-state index is 13.0. The van der Waals surface area contributed by atoms with Crippen molar-refractivity contribution in [3.8, 4) is 17.0 Å². The van der Waals surface area contributed by atoms with Crippen molar-refractivity contribution in [2.24, 2.45) is 0 Å². The first-order chi connectivity index (χ1) is 14.0. The molecule has 1 saturated heterocycles. The summed E-state index contributed by atoms with van der Waals surface area (Å²) in [5, 5.41) is 3.09. The van der Waals surface area contributed by atoms with E-state index in [1.165, 1.54) is 6.20 Å². The van der Waals surface area contributed by atoms with Crippen molar-refractivity contribution in [2.45, 2.75) is 24.9 Å². The van der Waals surface area contributed by atoms with Gasteiger partial charge in [-0.25, -0.2) is 9.97 Å². The van der Waals surface area contributed by atoms with Crippen molar-refractivity contribution >= 4 is 17.2 Å². The number of alkyl halides is 3. The summed E-state index contributed by atoms with van der Waals surface area (Å²) in [6.45, 7) is 1.31. The number of hydrogen-bond acceptors (Lipinski definition) is 5. The van der Waals surface area contributed by atoms with Gasteiger partial charge in [-0.2, -0.15) is 13.2 Å². The van der Waals surface area contributed by atoms with Crippen LogP contribution in [0.1, 0.15) is 29.3 Å². The SMILES string of the molecule is COc1ccccc1-c1csc(C2CCN(c3cc(C(F)(F)F)ccn3)CC2)n1. The lowest BCUT2D eigenvalue weighted by molar-refractivity contribution is -0.137. The molecular formula is C21H20F3N3OS. The number of nitrogens with zero attached hydrogens (tertiary/aromatic N) is 3. The van der Waals surface area contributed by atoms with Gasteiger partial charge in [0.05, 0.1) is 23.4 Å². The van der Waals surface area contributed by atoms with E-state index in [0.29, 0.717) is 24.8 Å². The standard InChI is InChI=1S/C21H20F3N3OS/c1-28-18-5-3-2-4-16(18)17-13-29-20(26-17)14-7-10-27(11-8-14)19-12-15(6-9-25-19)21(22,23)24/h2-6,9,12-14H,7-8,10-11H2,1H3. The molecule has 0 N–H and O–H groups in total. The largest absolute Gasteiger partial charge is 0.496 e. The summed E-state index contributed by atoms with van der Waals surface area (Å²) in [5.41, 5.74) is 1.19. The predicted octanol–water partition coefficient (Wildman–Crippen LogP) is 5.62. The summed E-state index contributed by atoms with van der Waals surface area (Å²) in [4.78, 5) is 10.9. The molecule has 152 valence electrons. The summed E-state index contributed by atoms with van der Waals surface area (Å²) in [5.74, 6) is 1.47. The third-order valence-corrected chi connectivity index (χ3v) is 6.15. The number of ether oxygens (including phenoxy) is 1. The minimum absolute atomic E-state index is 0.297. The Morgan fingerprint density at radius 1 is 1.14 bits per heavy atom. The summed E-state index contributed by atoms with van der Waals surface area (Å²) in [6.07, 6.45) is -1.47. The fourth-order valence-corrected chi connectivity index (χ4v) is 4.57. The van der Waals surface area contributed by atoms with Crippen molar-refractivity contribution in [3.05, 3.63) is 58.5 Å². The Kier molecular flexibility index (Phi) is 5.45. The Balaban J connectivity index is 1.45. The van der Waals surface area contributed by atoms with Crippen molar-refractivity contribution in [2.75, 3.05) is 25.1 Å². The Hall–Kier alpha value is -2.61. The number of thiazole rings is 1. The van der Waals surface area contributed by atoms with Gasteiger partial charge in [0.1, 0.15) is 11.6 Å². The van der Waals surface area contributed by atoms with E-state index in [-0.39, 0.29) is 0 Å². The van der Waals surface area contributed by atoms with Crippen molar-refractivity contribution in [1.29, 1.82) is 0 Å². The zero-order valence-corrected chi connectivity index (χ0v) is 16.6. The predicted molar refractivity (Wildman–Crippen MR) is 108 cm³/mol. The molecule has 0 saturated carbocycles. The number of hydrogen-bond donors (Lipinski definition) is 0. The van der Waals surface area contributed by atoms with Gasteiger partial charge in [0.15, 0.2) is 0 Å². The Morgan fingerprint density at radius 2 is 1.90 bits per heavy atom. The molecule has 0 atom stereocenters. The van der Waals surface area contributed by atoms with E-state index >= 15 is 0 Å². The van der Waals surface area contributed by atoms with Gasteiger partial charge in [-0.3, -0.25) is 0 Å². The van der Waals surface area contributed by atoms with Gasteiger partial charge in [-0.05, 0) is 37.1 Å². The van der Waals surface area contributed by atoms with Crippen molar-refractivity contribution in [3.63, 3.8) is 0 Å². The highest BCUT2D eigenvalue weighted by Gasteiger charge is 2.32. The van der Waals surface area contributed by atoms with Crippen LogP contribution in [0.3, 0.4) is 0 Å². The van der Waals surface area contributed by atoms with Gasteiger partial charge >= 0.3 is 6.18 Å². The van der Waals surface area contributed by atoms with Gasteiger partial charge in [-0.15, -0.1) is 11.3 Å². The van der Waals surface area contributed by atoms with Crippen LogP contribution >= 0.6 is 11.3 Å². The number of rotatable bonds is 4. The number of halogens is 3. The average Bonchev–Trinajstić information content (AvgIpc) is 3.23. The van der Waals surface area contributed by atoms with Crippen LogP contribution < -0.4 is 9.64 Å². The number of pyridine rings is 1. The smallest absolute Gasteiger partial charge is 0.416 e. The molecule has 1 aliphatic rings. The third-order valence-electron chi connectivity index (χ3n) is 5.15. The van der Waals surface area contributed by atoms with Crippen LogP contribution in [0, 0.1) is 0 Å². The first-order valence-electron chi connectivity index (χ1n) is 9.32. The molecule has 0 bridgehead atoms. The fourth-order valence-electron chi connectivity index (χ4n) is 3.58. The first kappa shape index (κ1) is 19.7. The van der Waals surface area contributed by atoms with Gasteiger partial charge in [0.2, 0.25) is 0 Å². The number of para-hydroxylation sites is 1. The summed E-state index contributed by atoms with van der Waals surface area (Å²) < 4.78 is 44.3. The molecule has 4 rings (SSSR count). The average molecular weight is 419 g/mol. The molecule has 8 heteroatoms. The zero-order chi connectivity index (χ0) is 20.4. The molecule has 3 heterocycles. The van der Waals surface area contributed by atoms with Gasteiger partial charge in [0.25, 0.3) is 0 Å². The van der Waals surface area contributed by atoms with Gasteiger partial charge in [-0.1, -0.05) is 12.1 Å². The van der Waals surface area contributed by atoms with E-state index in [1.807, 2.05) is 34.5 Å². The zero-order valence-electron chi connectivity index (χ0n) is 15.8. The molecule has 1 fully saturated rings. The van der Waals surface area contributed by atoms with Crippen LogP contribution in [0.2, 0.25) is 0 Å². The molecular weight excluding hydrogens is 399 g/mol. The maximum atomic E-state index is 13.0. The minimum atomic E-state index is -4.36. The van der Waals surface area contributed by atoms with E-state index < -0.39 is 11.7 Å². The van der Waals surface area contributed by atoms with E-state index in [2.05, 4.69) is 4.98 Å². The molecule has 0 spiro atoms. The number of methoxy groups -OCH3 is 1. The summed E-state index contributed by atoms with van der Waals surface area (Å²) in [7, 11) is 1.64. The molecule has 0 radical (unpaired) electrons. The molecule has 2 aromatic heterocycles. The quantitative estimate of drug-likeness (QED) is 0.550. The van der Waals surface area contributed by atoms with Crippen molar-refractivity contribution in [1.82, 2.24) is 9.97 Å². The lowest BCUT2D eigenvalue weighted by Gasteiger charge is -2.32. The van der Waals surface area contributed by atoms with E-state index in [1.54, 1.807) is 18.4 Å². The highest BCUT2D eigenvalue weighted by Crippen LogP contribution is 2.37. The minimum Gasteiger partial charge on any atom is -0.496 e. The Bertz CT molecular complexity index is 981. The molecule has 3 aromatic rings. The highest BCUT2D eigenvalue weighted by molar-refractivity contribution is 7.10. The topological polar surface area (TPSA) is 38.2 Å². The third kappa shape index (κ3) is 4.22. The second-order valence-corrected chi connectivity index (χ2v) is 7.82. The number of benzene rings is 1. The van der Waals surface area contributed by atoms with Crippen molar-refractivity contribution < 1.29 is 17.9 Å². The lowest BCUT2D eigenvalue weighted by atomic mass is 9.97. The Labute approximate surface area is 171 Å². The van der Waals surface area contributed by atoms with E-state index in [0.717, 1.165) is 47.0 Å².